The first-order valence-electron chi connectivity index (χ1n) is 3.89. The van der Waals surface area contributed by atoms with Crippen molar-refractivity contribution in [3.8, 4) is 0 Å². The molecule has 1 N–H and O–H groups in total. The van der Waals surface area contributed by atoms with E-state index >= 15 is 0 Å². The topological polar surface area (TPSA) is 20.2 Å². The minimum Gasteiger partial charge on any atom is -0.388 e. The maximum atomic E-state index is 12.6. The number of rotatable bonds is 3. The number of halogens is 2. The molecule has 3 heteroatoms. The Morgan fingerprint density at radius 3 is 2.85 bits per heavy atom. The third kappa shape index (κ3) is 2.54. The molecule has 1 rings (SSSR count). The lowest BCUT2D eigenvalue weighted by atomic mass is 10.1. The average molecular weight is 201 g/mol. The summed E-state index contributed by atoms with van der Waals surface area (Å²) in [7, 11) is 0. The Hall–Kier alpha value is -0.860. The van der Waals surface area contributed by atoms with Crippen LogP contribution in [0.4, 0.5) is 4.39 Å². The van der Waals surface area contributed by atoms with Crippen molar-refractivity contribution >= 4 is 11.6 Å². The maximum Gasteiger partial charge on any atom is 0.124 e. The summed E-state index contributed by atoms with van der Waals surface area (Å²) in [4.78, 5) is 0. The summed E-state index contributed by atoms with van der Waals surface area (Å²) in [5.74, 6) is -0.403. The molecule has 1 atom stereocenters. The van der Waals surface area contributed by atoms with Gasteiger partial charge in [0.25, 0.3) is 0 Å². The van der Waals surface area contributed by atoms with Gasteiger partial charge in [0.2, 0.25) is 0 Å². The monoisotopic (exact) mass is 200 g/mol. The van der Waals surface area contributed by atoms with E-state index in [0.29, 0.717) is 12.0 Å². The second-order valence-corrected chi connectivity index (χ2v) is 3.11. The van der Waals surface area contributed by atoms with Crippen molar-refractivity contribution in [2.45, 2.75) is 12.5 Å². The Balaban J connectivity index is 2.94. The zero-order valence-electron chi connectivity index (χ0n) is 7.00. The van der Waals surface area contributed by atoms with Crippen molar-refractivity contribution in [3.05, 3.63) is 47.3 Å². The highest BCUT2D eigenvalue weighted by molar-refractivity contribution is 6.31. The Labute approximate surface area is 81.5 Å². The van der Waals surface area contributed by atoms with Crippen LogP contribution in [0.15, 0.2) is 30.9 Å². The van der Waals surface area contributed by atoms with E-state index in [0.717, 1.165) is 0 Å². The first-order chi connectivity index (χ1) is 6.15. The van der Waals surface area contributed by atoms with Crippen LogP contribution in [0.25, 0.3) is 0 Å². The molecule has 0 aromatic heterocycles. The van der Waals surface area contributed by atoms with E-state index in [1.165, 1.54) is 18.2 Å². The lowest BCUT2D eigenvalue weighted by molar-refractivity contribution is 0.181. The fraction of sp³-hybridized carbons (Fsp3) is 0.200. The van der Waals surface area contributed by atoms with E-state index in [2.05, 4.69) is 6.58 Å². The van der Waals surface area contributed by atoms with Crippen molar-refractivity contribution in [2.24, 2.45) is 0 Å². The van der Waals surface area contributed by atoms with Crippen LogP contribution in [-0.2, 0) is 0 Å². The second kappa shape index (κ2) is 4.40. The van der Waals surface area contributed by atoms with E-state index < -0.39 is 11.9 Å². The van der Waals surface area contributed by atoms with Gasteiger partial charge in [0.05, 0.1) is 6.10 Å². The minimum atomic E-state index is -0.703. The molecule has 0 aliphatic carbocycles. The summed E-state index contributed by atoms with van der Waals surface area (Å²) >= 11 is 5.73. The fourth-order valence-corrected chi connectivity index (χ4v) is 1.35. The number of aliphatic hydroxyl groups excluding tert-OH is 1. The Morgan fingerprint density at radius 1 is 1.62 bits per heavy atom. The molecule has 13 heavy (non-hydrogen) atoms. The van der Waals surface area contributed by atoms with Crippen molar-refractivity contribution in [3.63, 3.8) is 0 Å². The van der Waals surface area contributed by atoms with Gasteiger partial charge < -0.3 is 5.11 Å². The minimum absolute atomic E-state index is 0.245. The van der Waals surface area contributed by atoms with E-state index in [9.17, 15) is 9.50 Å². The molecular weight excluding hydrogens is 191 g/mol. The normalized spacial score (nSPS) is 12.5. The van der Waals surface area contributed by atoms with Gasteiger partial charge in [-0.05, 0) is 24.1 Å². The molecular formula is C10H10ClFO. The van der Waals surface area contributed by atoms with Crippen molar-refractivity contribution < 1.29 is 9.50 Å². The summed E-state index contributed by atoms with van der Waals surface area (Å²) in [6, 6.07) is 3.93. The lowest BCUT2D eigenvalue weighted by Gasteiger charge is -2.09. The average Bonchev–Trinajstić information content (AvgIpc) is 2.04. The summed E-state index contributed by atoms with van der Waals surface area (Å²) in [5, 5.41) is 9.76. The fourth-order valence-electron chi connectivity index (χ4n) is 1.06. The highest BCUT2D eigenvalue weighted by Gasteiger charge is 2.09. The van der Waals surface area contributed by atoms with Gasteiger partial charge in [-0.3, -0.25) is 0 Å². The van der Waals surface area contributed by atoms with E-state index in [-0.39, 0.29) is 5.02 Å². The zero-order chi connectivity index (χ0) is 9.84. The molecule has 1 aromatic carbocycles. The molecule has 0 spiro atoms. The SMILES string of the molecule is C=CCC(O)c1ccc(F)cc1Cl. The van der Waals surface area contributed by atoms with E-state index in [4.69, 9.17) is 11.6 Å². The van der Waals surface area contributed by atoms with Crippen LogP contribution in [0.2, 0.25) is 5.02 Å². The molecule has 1 aromatic rings. The molecule has 0 bridgehead atoms. The molecule has 0 fully saturated rings. The van der Waals surface area contributed by atoms with Gasteiger partial charge in [0.1, 0.15) is 5.82 Å². The van der Waals surface area contributed by atoms with Gasteiger partial charge in [-0.2, -0.15) is 0 Å². The van der Waals surface area contributed by atoms with Crippen molar-refractivity contribution in [1.82, 2.24) is 0 Å². The van der Waals surface area contributed by atoms with Crippen molar-refractivity contribution in [2.75, 3.05) is 0 Å². The summed E-state index contributed by atoms with van der Waals surface area (Å²) in [6.45, 7) is 3.50. The molecule has 0 radical (unpaired) electrons. The highest BCUT2D eigenvalue weighted by atomic mass is 35.5. The third-order valence-corrected chi connectivity index (χ3v) is 2.04. The molecule has 0 aliphatic rings. The zero-order valence-corrected chi connectivity index (χ0v) is 7.76. The van der Waals surface area contributed by atoms with Gasteiger partial charge in [-0.15, -0.1) is 6.58 Å². The van der Waals surface area contributed by atoms with Crippen LogP contribution in [-0.4, -0.2) is 5.11 Å². The second-order valence-electron chi connectivity index (χ2n) is 2.71. The number of hydrogen-bond acceptors (Lipinski definition) is 1. The predicted molar refractivity (Wildman–Crippen MR) is 51.2 cm³/mol. The van der Waals surface area contributed by atoms with Gasteiger partial charge in [0.15, 0.2) is 0 Å². The third-order valence-electron chi connectivity index (χ3n) is 1.71. The van der Waals surface area contributed by atoms with E-state index in [1.807, 2.05) is 0 Å². The van der Waals surface area contributed by atoms with E-state index in [1.54, 1.807) is 6.08 Å². The van der Waals surface area contributed by atoms with Crippen molar-refractivity contribution in [1.29, 1.82) is 0 Å². The van der Waals surface area contributed by atoms with Gasteiger partial charge in [-0.25, -0.2) is 4.39 Å². The smallest absolute Gasteiger partial charge is 0.124 e. The summed E-state index contributed by atoms with van der Waals surface area (Å²) in [6.07, 6.45) is 1.29. The Bertz CT molecular complexity index is 312. The van der Waals surface area contributed by atoms with Crippen LogP contribution in [0.1, 0.15) is 18.1 Å². The number of hydrogen-bond donors (Lipinski definition) is 1. The van der Waals surface area contributed by atoms with Gasteiger partial charge in [0, 0.05) is 5.02 Å². The molecule has 1 nitrogen and oxygen atoms in total. The highest BCUT2D eigenvalue weighted by Crippen LogP contribution is 2.25. The molecule has 70 valence electrons. The van der Waals surface area contributed by atoms with Crippen LogP contribution >= 0.6 is 11.6 Å². The van der Waals surface area contributed by atoms with Crippen LogP contribution in [0, 0.1) is 5.82 Å². The number of aliphatic hydroxyl groups is 1. The van der Waals surface area contributed by atoms with Crippen LogP contribution < -0.4 is 0 Å². The Kier molecular flexibility index (Phi) is 3.46. The molecule has 0 saturated carbocycles. The predicted octanol–water partition coefficient (Wildman–Crippen LogP) is 3.09. The number of benzene rings is 1. The molecule has 0 amide bonds. The first-order valence-corrected chi connectivity index (χ1v) is 4.27. The summed E-state index contributed by atoms with van der Waals surface area (Å²) < 4.78 is 12.6. The Morgan fingerprint density at radius 2 is 2.31 bits per heavy atom. The quantitative estimate of drug-likeness (QED) is 0.744. The summed E-state index contributed by atoms with van der Waals surface area (Å²) in [5.41, 5.74) is 0.531. The molecule has 1 unspecified atom stereocenters. The lowest BCUT2D eigenvalue weighted by Crippen LogP contribution is -1.96. The molecule has 0 aliphatic heterocycles. The molecule has 0 heterocycles. The largest absolute Gasteiger partial charge is 0.388 e. The van der Waals surface area contributed by atoms with Gasteiger partial charge >= 0.3 is 0 Å². The molecule has 0 saturated heterocycles. The van der Waals surface area contributed by atoms with Crippen LogP contribution in [0.5, 0.6) is 0 Å². The van der Waals surface area contributed by atoms with Crippen LogP contribution in [0.3, 0.4) is 0 Å². The van der Waals surface area contributed by atoms with Gasteiger partial charge in [-0.1, -0.05) is 23.7 Å². The standard InChI is InChI=1S/C10H10ClFO/c1-2-3-10(13)8-5-4-7(12)6-9(8)11/h2,4-6,10,13H,1,3H2. The maximum absolute atomic E-state index is 12.6. The first kappa shape index (κ1) is 10.2.